The third kappa shape index (κ3) is 3.65. The van der Waals surface area contributed by atoms with Crippen LogP contribution in [-0.2, 0) is 9.47 Å². The van der Waals surface area contributed by atoms with Gasteiger partial charge in [0.2, 0.25) is 0 Å². The second kappa shape index (κ2) is 7.62. The van der Waals surface area contributed by atoms with Gasteiger partial charge in [0.15, 0.2) is 11.6 Å². The molecule has 0 atom stereocenters. The second-order valence-electron chi connectivity index (χ2n) is 6.74. The molecule has 7 nitrogen and oxygen atoms in total. The molecule has 0 saturated carbocycles. The molecule has 4 rings (SSSR count). The van der Waals surface area contributed by atoms with Crippen molar-refractivity contribution in [3.05, 3.63) is 48.4 Å². The zero-order chi connectivity index (χ0) is 18.7. The number of piperidine rings is 1. The molecule has 1 amide bonds. The number of hydrogen-bond acceptors (Lipinski definition) is 6. The van der Waals surface area contributed by atoms with Crippen molar-refractivity contribution >= 4 is 17.4 Å². The van der Waals surface area contributed by atoms with Crippen LogP contribution in [0, 0.1) is 0 Å². The number of likely N-dealkylation sites (tertiary alicyclic amines) is 1. The van der Waals surface area contributed by atoms with Gasteiger partial charge in [-0.05, 0) is 19.1 Å². The van der Waals surface area contributed by atoms with Gasteiger partial charge < -0.3 is 19.3 Å². The molecule has 0 N–H and O–H groups in total. The number of para-hydroxylation sites is 1. The monoisotopic (exact) mass is 368 g/mol. The van der Waals surface area contributed by atoms with Crippen LogP contribution < -0.4 is 4.90 Å². The largest absolute Gasteiger partial charge is 0.347 e. The van der Waals surface area contributed by atoms with E-state index in [1.165, 1.54) is 0 Å². The van der Waals surface area contributed by atoms with Gasteiger partial charge in [0, 0.05) is 38.2 Å². The molecule has 2 fully saturated rings. The number of carbonyl (C=O) groups is 1. The standard InChI is InChI=1S/C20H24N4O3/c1-2-24(16-6-4-3-5-7-16)18-15-21-17(14-22-18)19(25)23-10-8-20(9-11-23)26-12-13-27-20/h3-7,14-15H,2,8-13H2,1H3. The molecular weight excluding hydrogens is 344 g/mol. The number of carbonyl (C=O) groups excluding carboxylic acids is 1. The van der Waals surface area contributed by atoms with E-state index in [1.807, 2.05) is 30.3 Å². The van der Waals surface area contributed by atoms with Gasteiger partial charge in [-0.15, -0.1) is 0 Å². The Bertz CT molecular complexity index is 766. The molecular formula is C20H24N4O3. The van der Waals surface area contributed by atoms with E-state index in [2.05, 4.69) is 21.8 Å². The van der Waals surface area contributed by atoms with Gasteiger partial charge >= 0.3 is 0 Å². The maximum atomic E-state index is 12.8. The number of ether oxygens (including phenoxy) is 2. The first-order chi connectivity index (χ1) is 13.2. The van der Waals surface area contributed by atoms with Crippen LogP contribution in [0.15, 0.2) is 42.7 Å². The van der Waals surface area contributed by atoms with Crippen LogP contribution in [0.4, 0.5) is 11.5 Å². The summed E-state index contributed by atoms with van der Waals surface area (Å²) in [5, 5.41) is 0. The average Bonchev–Trinajstić information content (AvgIpc) is 3.18. The predicted octanol–water partition coefficient (Wildman–Crippen LogP) is 2.61. The number of rotatable bonds is 4. The van der Waals surface area contributed by atoms with Gasteiger partial charge in [0.25, 0.3) is 5.91 Å². The molecule has 3 heterocycles. The predicted molar refractivity (Wildman–Crippen MR) is 101 cm³/mol. The van der Waals surface area contributed by atoms with Crippen molar-refractivity contribution in [2.24, 2.45) is 0 Å². The summed E-state index contributed by atoms with van der Waals surface area (Å²) in [5.41, 5.74) is 1.42. The first-order valence-electron chi connectivity index (χ1n) is 9.43. The van der Waals surface area contributed by atoms with E-state index in [0.717, 1.165) is 18.1 Å². The molecule has 2 aromatic rings. The van der Waals surface area contributed by atoms with Crippen molar-refractivity contribution < 1.29 is 14.3 Å². The molecule has 1 aromatic heterocycles. The van der Waals surface area contributed by atoms with Crippen LogP contribution in [0.3, 0.4) is 0 Å². The fraction of sp³-hybridized carbons (Fsp3) is 0.450. The summed E-state index contributed by atoms with van der Waals surface area (Å²) in [4.78, 5) is 25.5. The van der Waals surface area contributed by atoms with Gasteiger partial charge in [0.1, 0.15) is 5.69 Å². The minimum Gasteiger partial charge on any atom is -0.347 e. The molecule has 0 unspecified atom stereocenters. The lowest BCUT2D eigenvalue weighted by molar-refractivity contribution is -0.181. The lowest BCUT2D eigenvalue weighted by Crippen LogP contribution is -2.47. The van der Waals surface area contributed by atoms with Gasteiger partial charge in [-0.2, -0.15) is 0 Å². The smallest absolute Gasteiger partial charge is 0.274 e. The van der Waals surface area contributed by atoms with E-state index < -0.39 is 5.79 Å². The van der Waals surface area contributed by atoms with Crippen LogP contribution >= 0.6 is 0 Å². The Morgan fingerprint density at radius 3 is 2.41 bits per heavy atom. The molecule has 2 aliphatic heterocycles. The number of benzene rings is 1. The van der Waals surface area contributed by atoms with E-state index in [4.69, 9.17) is 9.47 Å². The van der Waals surface area contributed by atoms with Gasteiger partial charge in [-0.3, -0.25) is 4.79 Å². The lowest BCUT2D eigenvalue weighted by Gasteiger charge is -2.37. The van der Waals surface area contributed by atoms with Crippen LogP contribution in [-0.4, -0.2) is 59.4 Å². The summed E-state index contributed by atoms with van der Waals surface area (Å²) in [5.74, 6) is 0.152. The van der Waals surface area contributed by atoms with Crippen molar-refractivity contribution in [3.63, 3.8) is 0 Å². The normalized spacial score (nSPS) is 18.6. The van der Waals surface area contributed by atoms with Crippen molar-refractivity contribution in [2.75, 3.05) is 37.7 Å². The Balaban J connectivity index is 1.43. The molecule has 1 aromatic carbocycles. The Labute approximate surface area is 158 Å². The summed E-state index contributed by atoms with van der Waals surface area (Å²) in [6.45, 7) is 5.30. The van der Waals surface area contributed by atoms with Crippen molar-refractivity contribution in [2.45, 2.75) is 25.6 Å². The zero-order valence-corrected chi connectivity index (χ0v) is 15.5. The third-order valence-corrected chi connectivity index (χ3v) is 5.14. The van der Waals surface area contributed by atoms with E-state index in [1.54, 1.807) is 17.3 Å². The summed E-state index contributed by atoms with van der Waals surface area (Å²) < 4.78 is 11.4. The van der Waals surface area contributed by atoms with Crippen molar-refractivity contribution in [3.8, 4) is 0 Å². The van der Waals surface area contributed by atoms with E-state index >= 15 is 0 Å². The summed E-state index contributed by atoms with van der Waals surface area (Å²) in [6.07, 6.45) is 4.62. The first kappa shape index (κ1) is 17.9. The minimum absolute atomic E-state index is 0.0929. The highest BCUT2D eigenvalue weighted by Gasteiger charge is 2.41. The van der Waals surface area contributed by atoms with Crippen LogP contribution in [0.2, 0.25) is 0 Å². The highest BCUT2D eigenvalue weighted by molar-refractivity contribution is 5.92. The van der Waals surface area contributed by atoms with E-state index in [9.17, 15) is 4.79 Å². The van der Waals surface area contributed by atoms with Crippen molar-refractivity contribution in [1.82, 2.24) is 14.9 Å². The summed E-state index contributed by atoms with van der Waals surface area (Å²) in [6, 6.07) is 10.0. The number of anilines is 2. The maximum Gasteiger partial charge on any atom is 0.274 e. The fourth-order valence-electron chi connectivity index (χ4n) is 3.65. The van der Waals surface area contributed by atoms with Crippen LogP contribution in [0.5, 0.6) is 0 Å². The Morgan fingerprint density at radius 1 is 1.11 bits per heavy atom. The van der Waals surface area contributed by atoms with Gasteiger partial charge in [-0.25, -0.2) is 9.97 Å². The SMILES string of the molecule is CCN(c1ccccc1)c1cnc(C(=O)N2CCC3(CC2)OCCO3)cn1. The number of hydrogen-bond donors (Lipinski definition) is 0. The topological polar surface area (TPSA) is 67.8 Å². The molecule has 142 valence electrons. The van der Waals surface area contributed by atoms with Crippen LogP contribution in [0.1, 0.15) is 30.3 Å². The van der Waals surface area contributed by atoms with Crippen molar-refractivity contribution in [1.29, 1.82) is 0 Å². The zero-order valence-electron chi connectivity index (χ0n) is 15.5. The molecule has 2 aliphatic rings. The average molecular weight is 368 g/mol. The first-order valence-corrected chi connectivity index (χ1v) is 9.43. The Morgan fingerprint density at radius 2 is 1.81 bits per heavy atom. The number of nitrogens with zero attached hydrogens (tertiary/aromatic N) is 4. The highest BCUT2D eigenvalue weighted by atomic mass is 16.7. The van der Waals surface area contributed by atoms with Crippen LogP contribution in [0.25, 0.3) is 0 Å². The van der Waals surface area contributed by atoms with E-state index in [-0.39, 0.29) is 5.91 Å². The minimum atomic E-state index is -0.483. The molecule has 0 radical (unpaired) electrons. The highest BCUT2D eigenvalue weighted by Crippen LogP contribution is 2.31. The molecule has 1 spiro atoms. The number of aromatic nitrogens is 2. The third-order valence-electron chi connectivity index (χ3n) is 5.14. The summed E-state index contributed by atoms with van der Waals surface area (Å²) >= 11 is 0. The van der Waals surface area contributed by atoms with Gasteiger partial charge in [0.05, 0.1) is 25.6 Å². The Hall–Kier alpha value is -2.51. The maximum absolute atomic E-state index is 12.8. The quantitative estimate of drug-likeness (QED) is 0.826. The molecule has 2 saturated heterocycles. The summed E-state index contributed by atoms with van der Waals surface area (Å²) in [7, 11) is 0. The lowest BCUT2D eigenvalue weighted by atomic mass is 10.0. The number of amides is 1. The fourth-order valence-corrected chi connectivity index (χ4v) is 3.65. The van der Waals surface area contributed by atoms with Gasteiger partial charge in [-0.1, -0.05) is 18.2 Å². The molecule has 27 heavy (non-hydrogen) atoms. The second-order valence-corrected chi connectivity index (χ2v) is 6.74. The molecule has 7 heteroatoms. The van der Waals surface area contributed by atoms with E-state index in [0.29, 0.717) is 44.8 Å². The molecule has 0 aliphatic carbocycles. The molecule has 0 bridgehead atoms. The Kier molecular flexibility index (Phi) is 5.05.